The maximum atomic E-state index is 11.8. The molecule has 8 nitrogen and oxygen atoms in total. The summed E-state index contributed by atoms with van der Waals surface area (Å²) in [4.78, 5) is 11.8. The van der Waals surface area contributed by atoms with Gasteiger partial charge < -0.3 is 4.52 Å². The highest BCUT2D eigenvalue weighted by Crippen LogP contribution is 2.11. The number of hydrogen-bond acceptors (Lipinski definition) is 6. The number of benzene rings is 1. The summed E-state index contributed by atoms with van der Waals surface area (Å²) in [5.74, 6) is 0.0568. The summed E-state index contributed by atoms with van der Waals surface area (Å²) in [6.45, 7) is 3.40. The minimum absolute atomic E-state index is 0.145. The number of anilines is 1. The van der Waals surface area contributed by atoms with E-state index >= 15 is 0 Å². The predicted octanol–water partition coefficient (Wildman–Crippen LogP) is 1.51. The molecule has 0 saturated heterocycles. The lowest BCUT2D eigenvalue weighted by molar-refractivity contribution is 0.0945. The molecular weight excluding hydrogens is 320 g/mol. The molecule has 2 N–H and O–H groups in total. The van der Waals surface area contributed by atoms with Gasteiger partial charge in [-0.15, -0.1) is 0 Å². The largest absolute Gasteiger partial charge is 0.361 e. The molecule has 2 rings (SSSR count). The SMILES string of the molecule is C/C(=N\NC(=O)c1cc(C)on1)c1ccc(NS(C)(=O)=O)cc1. The third kappa shape index (κ3) is 4.92. The Morgan fingerprint density at radius 2 is 1.91 bits per heavy atom. The lowest BCUT2D eigenvalue weighted by Crippen LogP contribution is -2.19. The van der Waals surface area contributed by atoms with Crippen molar-refractivity contribution in [3.05, 3.63) is 47.3 Å². The van der Waals surface area contributed by atoms with Crippen LogP contribution in [0.2, 0.25) is 0 Å². The normalized spacial score (nSPS) is 12.0. The first-order valence-corrected chi connectivity index (χ1v) is 8.50. The summed E-state index contributed by atoms with van der Waals surface area (Å²) in [7, 11) is -3.31. The van der Waals surface area contributed by atoms with E-state index in [1.807, 2.05) is 0 Å². The van der Waals surface area contributed by atoms with Gasteiger partial charge in [-0.25, -0.2) is 13.8 Å². The molecule has 1 aromatic heterocycles. The van der Waals surface area contributed by atoms with Gasteiger partial charge in [-0.2, -0.15) is 5.10 Å². The van der Waals surface area contributed by atoms with Crippen LogP contribution >= 0.6 is 0 Å². The van der Waals surface area contributed by atoms with Gasteiger partial charge in [0.05, 0.1) is 12.0 Å². The summed E-state index contributed by atoms with van der Waals surface area (Å²) in [5.41, 5.74) is 4.27. The monoisotopic (exact) mass is 336 g/mol. The molecule has 1 heterocycles. The molecule has 0 spiro atoms. The van der Waals surface area contributed by atoms with E-state index in [9.17, 15) is 13.2 Å². The van der Waals surface area contributed by atoms with Gasteiger partial charge in [0.1, 0.15) is 5.76 Å². The Hall–Kier alpha value is -2.68. The number of nitrogens with zero attached hydrogens (tertiary/aromatic N) is 2. The summed E-state index contributed by atoms with van der Waals surface area (Å²) < 4.78 is 29.5. The first-order valence-electron chi connectivity index (χ1n) is 6.61. The lowest BCUT2D eigenvalue weighted by Gasteiger charge is -2.05. The van der Waals surface area contributed by atoms with Crippen LogP contribution < -0.4 is 10.1 Å². The van der Waals surface area contributed by atoms with E-state index in [0.29, 0.717) is 17.2 Å². The van der Waals surface area contributed by atoms with Gasteiger partial charge in [0.2, 0.25) is 10.0 Å². The Bertz CT molecular complexity index is 838. The van der Waals surface area contributed by atoms with Crippen LogP contribution in [-0.2, 0) is 10.0 Å². The van der Waals surface area contributed by atoms with Gasteiger partial charge in [0.15, 0.2) is 5.69 Å². The highest BCUT2D eigenvalue weighted by molar-refractivity contribution is 7.92. The van der Waals surface area contributed by atoms with E-state index in [4.69, 9.17) is 4.52 Å². The first-order chi connectivity index (χ1) is 10.7. The number of aryl methyl sites for hydroxylation is 1. The quantitative estimate of drug-likeness (QED) is 0.634. The molecule has 0 aliphatic rings. The van der Waals surface area contributed by atoms with Crippen LogP contribution in [0.5, 0.6) is 0 Å². The first kappa shape index (κ1) is 16.7. The third-order valence-corrected chi connectivity index (χ3v) is 3.40. The number of rotatable bonds is 5. The third-order valence-electron chi connectivity index (χ3n) is 2.79. The van der Waals surface area contributed by atoms with Crippen LogP contribution in [0.25, 0.3) is 0 Å². The Labute approximate surface area is 133 Å². The Balaban J connectivity index is 2.04. The average Bonchev–Trinajstić information content (AvgIpc) is 2.90. The minimum Gasteiger partial charge on any atom is -0.361 e. The predicted molar refractivity (Wildman–Crippen MR) is 85.8 cm³/mol. The number of nitrogens with one attached hydrogen (secondary N) is 2. The van der Waals surface area contributed by atoms with E-state index in [-0.39, 0.29) is 5.69 Å². The zero-order chi connectivity index (χ0) is 17.0. The molecule has 0 aliphatic heterocycles. The fourth-order valence-electron chi connectivity index (χ4n) is 1.72. The molecule has 0 radical (unpaired) electrons. The summed E-state index contributed by atoms with van der Waals surface area (Å²) in [6, 6.07) is 8.11. The molecule has 0 unspecified atom stereocenters. The van der Waals surface area contributed by atoms with Crippen LogP contribution in [0, 0.1) is 6.92 Å². The van der Waals surface area contributed by atoms with Crippen molar-refractivity contribution >= 4 is 27.3 Å². The molecule has 0 saturated carbocycles. The van der Waals surface area contributed by atoms with E-state index in [1.54, 1.807) is 38.1 Å². The smallest absolute Gasteiger partial charge is 0.293 e. The fraction of sp³-hybridized carbons (Fsp3) is 0.214. The molecule has 23 heavy (non-hydrogen) atoms. The van der Waals surface area contributed by atoms with Crippen molar-refractivity contribution in [3.8, 4) is 0 Å². The van der Waals surface area contributed by atoms with E-state index < -0.39 is 15.9 Å². The molecule has 122 valence electrons. The van der Waals surface area contributed by atoms with Crippen LogP contribution in [0.4, 0.5) is 5.69 Å². The highest BCUT2D eigenvalue weighted by atomic mass is 32.2. The van der Waals surface area contributed by atoms with Gasteiger partial charge >= 0.3 is 0 Å². The number of carbonyl (C=O) groups excluding carboxylic acids is 1. The van der Waals surface area contributed by atoms with Gasteiger partial charge in [0, 0.05) is 11.8 Å². The van der Waals surface area contributed by atoms with Gasteiger partial charge in [0.25, 0.3) is 5.91 Å². The average molecular weight is 336 g/mol. The number of hydrogen-bond donors (Lipinski definition) is 2. The number of hydrazone groups is 1. The number of aromatic nitrogens is 1. The molecule has 9 heteroatoms. The van der Waals surface area contributed by atoms with E-state index in [0.717, 1.165) is 11.8 Å². The van der Waals surface area contributed by atoms with E-state index in [1.165, 1.54) is 6.07 Å². The second-order valence-corrected chi connectivity index (χ2v) is 6.66. The second kappa shape index (κ2) is 6.61. The molecule has 1 aromatic carbocycles. The highest BCUT2D eigenvalue weighted by Gasteiger charge is 2.10. The van der Waals surface area contributed by atoms with Crippen LogP contribution in [-0.4, -0.2) is 31.4 Å². The summed E-state index contributed by atoms with van der Waals surface area (Å²) >= 11 is 0. The van der Waals surface area contributed by atoms with Crippen molar-refractivity contribution < 1.29 is 17.7 Å². The van der Waals surface area contributed by atoms with Gasteiger partial charge in [-0.3, -0.25) is 9.52 Å². The van der Waals surface area contributed by atoms with Crippen molar-refractivity contribution in [3.63, 3.8) is 0 Å². The second-order valence-electron chi connectivity index (χ2n) is 4.91. The Kier molecular flexibility index (Phi) is 4.80. The van der Waals surface area contributed by atoms with Crippen LogP contribution in [0.3, 0.4) is 0 Å². The van der Waals surface area contributed by atoms with Crippen molar-refractivity contribution in [2.24, 2.45) is 5.10 Å². The molecule has 0 bridgehead atoms. The molecule has 0 atom stereocenters. The van der Waals surface area contributed by atoms with Crippen molar-refractivity contribution in [2.45, 2.75) is 13.8 Å². The maximum absolute atomic E-state index is 11.8. The van der Waals surface area contributed by atoms with Crippen molar-refractivity contribution in [1.82, 2.24) is 10.6 Å². The molecule has 0 aliphatic carbocycles. The fourth-order valence-corrected chi connectivity index (χ4v) is 2.29. The van der Waals surface area contributed by atoms with Gasteiger partial charge in [-0.05, 0) is 31.5 Å². The van der Waals surface area contributed by atoms with Gasteiger partial charge in [-0.1, -0.05) is 17.3 Å². The van der Waals surface area contributed by atoms with Crippen LogP contribution in [0.15, 0.2) is 40.0 Å². The molecule has 2 aromatic rings. The summed E-state index contributed by atoms with van der Waals surface area (Å²) in [6.07, 6.45) is 1.08. The molecule has 0 fully saturated rings. The molecule has 1 amide bonds. The Morgan fingerprint density at radius 3 is 2.43 bits per heavy atom. The lowest BCUT2D eigenvalue weighted by atomic mass is 10.1. The zero-order valence-electron chi connectivity index (χ0n) is 12.8. The standard InChI is InChI=1S/C14H16N4O4S/c1-9-8-13(17-22-9)14(19)16-15-10(2)11-4-6-12(7-5-11)18-23(3,20)21/h4-8,18H,1-3H3,(H,16,19)/b15-10+. The van der Waals surface area contributed by atoms with Crippen molar-refractivity contribution in [2.75, 3.05) is 11.0 Å². The zero-order valence-corrected chi connectivity index (χ0v) is 13.6. The number of carbonyl (C=O) groups is 1. The van der Waals surface area contributed by atoms with Crippen molar-refractivity contribution in [1.29, 1.82) is 0 Å². The van der Waals surface area contributed by atoms with Crippen LogP contribution in [0.1, 0.15) is 28.7 Å². The van der Waals surface area contributed by atoms with E-state index in [2.05, 4.69) is 20.4 Å². The number of amides is 1. The molecular formula is C14H16N4O4S. The summed E-state index contributed by atoms with van der Waals surface area (Å²) in [5, 5.41) is 7.57. The number of sulfonamides is 1. The minimum atomic E-state index is -3.31. The Morgan fingerprint density at radius 1 is 1.26 bits per heavy atom. The maximum Gasteiger partial charge on any atom is 0.293 e. The topological polar surface area (TPSA) is 114 Å².